The van der Waals surface area contributed by atoms with Crippen molar-refractivity contribution in [2.45, 2.75) is 25.3 Å². The molecule has 4 rings (SSSR count). The zero-order chi connectivity index (χ0) is 19.5. The van der Waals surface area contributed by atoms with E-state index >= 15 is 0 Å². The van der Waals surface area contributed by atoms with Gasteiger partial charge in [-0.25, -0.2) is 9.97 Å². The molecule has 0 spiro atoms. The minimum absolute atomic E-state index is 0.375. The van der Waals surface area contributed by atoms with Crippen molar-refractivity contribution in [3.05, 3.63) is 52.1 Å². The molecule has 1 aliphatic heterocycles. The molecule has 0 saturated carbocycles. The number of likely N-dealkylation sites (tertiary alicyclic amines) is 1. The number of hydrogen-bond donors (Lipinski definition) is 2. The van der Waals surface area contributed by atoms with E-state index in [-0.39, 0.29) is 5.91 Å². The summed E-state index contributed by atoms with van der Waals surface area (Å²) in [7, 11) is 0. The van der Waals surface area contributed by atoms with Crippen molar-refractivity contribution < 1.29 is 4.79 Å². The minimum atomic E-state index is -0.375. The van der Waals surface area contributed by atoms with E-state index in [0.717, 1.165) is 64.8 Å². The number of halogens is 1. The van der Waals surface area contributed by atoms with Crippen LogP contribution < -0.4 is 11.1 Å². The van der Waals surface area contributed by atoms with Gasteiger partial charge < -0.3 is 16.0 Å². The highest BCUT2D eigenvalue weighted by atomic mass is 35.5. The third kappa shape index (κ3) is 4.43. The van der Waals surface area contributed by atoms with Gasteiger partial charge in [-0.15, -0.1) is 11.3 Å². The van der Waals surface area contributed by atoms with Gasteiger partial charge in [-0.05, 0) is 43.0 Å². The molecule has 0 bridgehead atoms. The maximum Gasteiger partial charge on any atom is 0.248 e. The van der Waals surface area contributed by atoms with Crippen LogP contribution in [0, 0.1) is 0 Å². The molecule has 1 saturated heterocycles. The SMILES string of the molecule is NC(=O)c1cccc(CCN2CCC(Nc3ncnc4sc(Cl)cc34)CC2)c1. The highest BCUT2D eigenvalue weighted by Crippen LogP contribution is 2.32. The van der Waals surface area contributed by atoms with Crippen molar-refractivity contribution >= 4 is 44.9 Å². The number of anilines is 1. The number of carbonyl (C=O) groups excluding carboxylic acids is 1. The predicted molar refractivity (Wildman–Crippen MR) is 114 cm³/mol. The fourth-order valence-electron chi connectivity index (χ4n) is 3.60. The molecule has 146 valence electrons. The van der Waals surface area contributed by atoms with Crippen LogP contribution in [0.5, 0.6) is 0 Å². The van der Waals surface area contributed by atoms with Crippen LogP contribution in [0.3, 0.4) is 0 Å². The predicted octanol–water partition coefficient (Wildman–Crippen LogP) is 3.56. The maximum atomic E-state index is 11.3. The molecule has 1 fully saturated rings. The molecule has 1 amide bonds. The van der Waals surface area contributed by atoms with Crippen LogP contribution in [0.2, 0.25) is 4.34 Å². The number of aromatic nitrogens is 2. The average molecular weight is 416 g/mol. The number of nitrogens with zero attached hydrogens (tertiary/aromatic N) is 3. The number of piperidine rings is 1. The Kier molecular flexibility index (Phi) is 5.75. The Morgan fingerprint density at radius 1 is 1.29 bits per heavy atom. The lowest BCUT2D eigenvalue weighted by molar-refractivity contribution is 0.1000. The van der Waals surface area contributed by atoms with Crippen molar-refractivity contribution in [3.63, 3.8) is 0 Å². The van der Waals surface area contributed by atoms with E-state index in [1.807, 2.05) is 24.3 Å². The Bertz CT molecular complexity index is 984. The number of rotatable bonds is 6. The normalized spacial score (nSPS) is 15.8. The van der Waals surface area contributed by atoms with E-state index in [0.29, 0.717) is 11.6 Å². The number of fused-ring (bicyclic) bond motifs is 1. The molecule has 1 aromatic carbocycles. The molecular weight excluding hydrogens is 394 g/mol. The molecule has 8 heteroatoms. The van der Waals surface area contributed by atoms with Crippen LogP contribution >= 0.6 is 22.9 Å². The second kappa shape index (κ2) is 8.43. The van der Waals surface area contributed by atoms with E-state index in [9.17, 15) is 4.79 Å². The average Bonchev–Trinajstić information content (AvgIpc) is 3.09. The van der Waals surface area contributed by atoms with E-state index in [1.165, 1.54) is 11.3 Å². The standard InChI is InChI=1S/C20H22ClN5OS/c21-17-11-16-19(23-12-24-20(16)28-17)25-15-5-8-26(9-6-15)7-4-13-2-1-3-14(10-13)18(22)27/h1-3,10-12,15H,4-9H2,(H2,22,27)(H,23,24,25). The van der Waals surface area contributed by atoms with Gasteiger partial charge in [0.25, 0.3) is 0 Å². The number of nitrogens with one attached hydrogen (secondary N) is 1. The van der Waals surface area contributed by atoms with E-state index in [4.69, 9.17) is 17.3 Å². The summed E-state index contributed by atoms with van der Waals surface area (Å²) >= 11 is 7.59. The Balaban J connectivity index is 1.30. The van der Waals surface area contributed by atoms with Gasteiger partial charge in [0.2, 0.25) is 5.91 Å². The van der Waals surface area contributed by atoms with Gasteiger partial charge in [0.1, 0.15) is 17.0 Å². The second-order valence-electron chi connectivity index (χ2n) is 7.07. The number of primary amides is 1. The fraction of sp³-hybridized carbons (Fsp3) is 0.350. The Morgan fingerprint density at radius 2 is 2.11 bits per heavy atom. The zero-order valence-corrected chi connectivity index (χ0v) is 17.0. The van der Waals surface area contributed by atoms with Crippen LogP contribution in [0.1, 0.15) is 28.8 Å². The van der Waals surface area contributed by atoms with Gasteiger partial charge in [0.15, 0.2) is 0 Å². The summed E-state index contributed by atoms with van der Waals surface area (Å²) in [6, 6.07) is 9.92. The number of carbonyl (C=O) groups is 1. The largest absolute Gasteiger partial charge is 0.367 e. The van der Waals surface area contributed by atoms with Gasteiger partial charge in [-0.2, -0.15) is 0 Å². The summed E-state index contributed by atoms with van der Waals surface area (Å²) in [5.41, 5.74) is 7.09. The van der Waals surface area contributed by atoms with Crippen molar-refractivity contribution in [2.24, 2.45) is 5.73 Å². The molecule has 0 aliphatic carbocycles. The molecule has 0 atom stereocenters. The highest BCUT2D eigenvalue weighted by Gasteiger charge is 2.20. The van der Waals surface area contributed by atoms with Crippen LogP contribution in [-0.2, 0) is 6.42 Å². The van der Waals surface area contributed by atoms with Crippen molar-refractivity contribution in [3.8, 4) is 0 Å². The molecule has 0 unspecified atom stereocenters. The summed E-state index contributed by atoms with van der Waals surface area (Å²) < 4.78 is 0.730. The molecule has 3 heterocycles. The van der Waals surface area contributed by atoms with Gasteiger partial charge in [0, 0.05) is 31.2 Å². The molecule has 28 heavy (non-hydrogen) atoms. The van der Waals surface area contributed by atoms with Crippen molar-refractivity contribution in [2.75, 3.05) is 25.0 Å². The van der Waals surface area contributed by atoms with Gasteiger partial charge in [0.05, 0.1) is 9.72 Å². The minimum Gasteiger partial charge on any atom is -0.367 e. The third-order valence-corrected chi connectivity index (χ3v) is 6.33. The fourth-order valence-corrected chi connectivity index (χ4v) is 4.66. The molecule has 0 radical (unpaired) electrons. The number of hydrogen-bond acceptors (Lipinski definition) is 6. The number of amides is 1. The summed E-state index contributed by atoms with van der Waals surface area (Å²) in [4.78, 5) is 23.4. The summed E-state index contributed by atoms with van der Waals surface area (Å²) in [6.07, 6.45) is 4.63. The maximum absolute atomic E-state index is 11.3. The Hall–Kier alpha value is -2.22. The summed E-state index contributed by atoms with van der Waals surface area (Å²) in [5, 5.41) is 4.57. The van der Waals surface area contributed by atoms with Crippen LogP contribution in [0.25, 0.3) is 10.2 Å². The van der Waals surface area contributed by atoms with Crippen molar-refractivity contribution in [1.29, 1.82) is 0 Å². The Morgan fingerprint density at radius 3 is 2.89 bits per heavy atom. The highest BCUT2D eigenvalue weighted by molar-refractivity contribution is 7.22. The van der Waals surface area contributed by atoms with E-state index < -0.39 is 0 Å². The lowest BCUT2D eigenvalue weighted by Gasteiger charge is -2.32. The lowest BCUT2D eigenvalue weighted by Crippen LogP contribution is -2.40. The molecular formula is C20H22ClN5OS. The van der Waals surface area contributed by atoms with Crippen LogP contribution in [0.15, 0.2) is 36.7 Å². The molecule has 3 aromatic rings. The summed E-state index contributed by atoms with van der Waals surface area (Å²) in [6.45, 7) is 3.05. The van der Waals surface area contributed by atoms with E-state index in [2.05, 4.69) is 20.2 Å². The summed E-state index contributed by atoms with van der Waals surface area (Å²) in [5.74, 6) is 0.495. The second-order valence-corrected chi connectivity index (χ2v) is 8.73. The molecule has 6 nitrogen and oxygen atoms in total. The number of nitrogens with two attached hydrogens (primary N) is 1. The number of thiophene rings is 1. The van der Waals surface area contributed by atoms with Gasteiger partial charge in [-0.1, -0.05) is 23.7 Å². The first kappa shape index (κ1) is 19.1. The monoisotopic (exact) mass is 415 g/mol. The first-order chi connectivity index (χ1) is 13.6. The van der Waals surface area contributed by atoms with Crippen LogP contribution in [-0.4, -0.2) is 46.5 Å². The van der Waals surface area contributed by atoms with Crippen LogP contribution in [0.4, 0.5) is 5.82 Å². The lowest BCUT2D eigenvalue weighted by atomic mass is 10.0. The molecule has 3 N–H and O–H groups in total. The van der Waals surface area contributed by atoms with Gasteiger partial charge in [-0.3, -0.25) is 4.79 Å². The quantitative estimate of drug-likeness (QED) is 0.643. The van der Waals surface area contributed by atoms with E-state index in [1.54, 1.807) is 12.4 Å². The number of benzene rings is 1. The smallest absolute Gasteiger partial charge is 0.248 e. The first-order valence-corrected chi connectivity index (χ1v) is 10.6. The molecule has 1 aliphatic rings. The first-order valence-electron chi connectivity index (χ1n) is 9.36. The molecule has 2 aromatic heterocycles. The Labute approximate surface area is 172 Å². The third-order valence-electron chi connectivity index (χ3n) is 5.16. The zero-order valence-electron chi connectivity index (χ0n) is 15.4. The topological polar surface area (TPSA) is 84.1 Å². The van der Waals surface area contributed by atoms with Gasteiger partial charge >= 0.3 is 0 Å². The van der Waals surface area contributed by atoms with Crippen molar-refractivity contribution in [1.82, 2.24) is 14.9 Å².